The van der Waals surface area contributed by atoms with Crippen molar-refractivity contribution < 1.29 is 19.7 Å². The molecule has 0 atom stereocenters. The lowest BCUT2D eigenvalue weighted by molar-refractivity contribution is 0.373. The molecule has 0 aliphatic rings. The van der Waals surface area contributed by atoms with Gasteiger partial charge in [0, 0.05) is 0 Å². The molecule has 8 nitrogen and oxygen atoms in total. The molecule has 0 unspecified atom stereocenters. The average molecular weight is 382 g/mol. The first kappa shape index (κ1) is 18.8. The highest BCUT2D eigenvalue weighted by molar-refractivity contribution is 5.56. The van der Waals surface area contributed by atoms with Crippen LogP contribution in [0, 0.1) is 0 Å². The Labute approximate surface area is 158 Å². The van der Waals surface area contributed by atoms with Gasteiger partial charge in [-0.2, -0.15) is 0 Å². The molecule has 2 aromatic carbocycles. The largest absolute Gasteiger partial charge is 0.504 e. The zero-order valence-corrected chi connectivity index (χ0v) is 15.1. The minimum atomic E-state index is -0.515. The predicted octanol–water partition coefficient (Wildman–Crippen LogP) is 0.149. The van der Waals surface area contributed by atoms with Crippen LogP contribution in [0.5, 0.6) is 23.0 Å². The summed E-state index contributed by atoms with van der Waals surface area (Å²) in [5, 5.41) is 19.7. The lowest BCUT2D eigenvalue weighted by Crippen LogP contribution is -2.46. The number of benzene rings is 2. The van der Waals surface area contributed by atoms with Crippen molar-refractivity contribution in [3.63, 3.8) is 0 Å². The van der Waals surface area contributed by atoms with Crippen molar-refractivity contribution in [1.29, 1.82) is 0 Å². The van der Waals surface area contributed by atoms with Crippen LogP contribution < -0.4 is 31.3 Å². The van der Waals surface area contributed by atoms with E-state index in [2.05, 4.69) is 9.97 Å². The van der Waals surface area contributed by atoms with Gasteiger partial charge in [-0.3, -0.25) is 9.59 Å². The zero-order chi connectivity index (χ0) is 20.3. The van der Waals surface area contributed by atoms with E-state index < -0.39 is 11.1 Å². The number of aromatic nitrogens is 2. The SMILES string of the molecule is COc1ccc(/C=c2\[nH]c(=O)/c(=C/c3ccc(OC)c(O)c3)[nH]c2=O)cc1O. The van der Waals surface area contributed by atoms with E-state index in [1.54, 1.807) is 24.3 Å². The van der Waals surface area contributed by atoms with Crippen LogP contribution >= 0.6 is 0 Å². The number of aromatic hydroxyl groups is 2. The van der Waals surface area contributed by atoms with E-state index in [4.69, 9.17) is 9.47 Å². The molecular formula is C20H18N2O6. The van der Waals surface area contributed by atoms with Crippen molar-refractivity contribution >= 4 is 12.2 Å². The Morgan fingerprint density at radius 1 is 0.750 bits per heavy atom. The summed E-state index contributed by atoms with van der Waals surface area (Å²) >= 11 is 0. The van der Waals surface area contributed by atoms with E-state index in [0.29, 0.717) is 22.6 Å². The molecule has 1 aromatic heterocycles. The maximum atomic E-state index is 12.3. The summed E-state index contributed by atoms with van der Waals surface area (Å²) in [5.74, 6) is 0.429. The maximum absolute atomic E-state index is 12.3. The number of rotatable bonds is 4. The van der Waals surface area contributed by atoms with Crippen LogP contribution in [-0.4, -0.2) is 34.4 Å². The smallest absolute Gasteiger partial charge is 0.272 e. The molecule has 3 rings (SSSR count). The maximum Gasteiger partial charge on any atom is 0.272 e. The third-order valence-corrected chi connectivity index (χ3v) is 4.01. The number of H-pyrrole nitrogens is 2. The molecule has 0 fully saturated rings. The summed E-state index contributed by atoms with van der Waals surface area (Å²) in [4.78, 5) is 29.7. The van der Waals surface area contributed by atoms with Gasteiger partial charge in [-0.25, -0.2) is 0 Å². The predicted molar refractivity (Wildman–Crippen MR) is 103 cm³/mol. The summed E-state index contributed by atoms with van der Waals surface area (Å²) in [6.07, 6.45) is 2.87. The van der Waals surface area contributed by atoms with Gasteiger partial charge < -0.3 is 29.7 Å². The molecule has 0 saturated carbocycles. The summed E-state index contributed by atoms with van der Waals surface area (Å²) in [7, 11) is 2.86. The second kappa shape index (κ2) is 7.75. The number of nitrogens with one attached hydrogen (secondary N) is 2. The van der Waals surface area contributed by atoms with Gasteiger partial charge >= 0.3 is 0 Å². The van der Waals surface area contributed by atoms with Gasteiger partial charge in [0.15, 0.2) is 23.0 Å². The van der Waals surface area contributed by atoms with Gasteiger partial charge in [-0.1, -0.05) is 12.1 Å². The highest BCUT2D eigenvalue weighted by atomic mass is 16.5. The van der Waals surface area contributed by atoms with Crippen LogP contribution in [0.15, 0.2) is 46.0 Å². The summed E-state index contributed by atoms with van der Waals surface area (Å²) in [6.45, 7) is 0. The fourth-order valence-corrected chi connectivity index (χ4v) is 2.62. The van der Waals surface area contributed by atoms with Gasteiger partial charge in [0.1, 0.15) is 10.7 Å². The topological polar surface area (TPSA) is 125 Å². The van der Waals surface area contributed by atoms with E-state index in [1.165, 1.54) is 38.5 Å². The number of methoxy groups -OCH3 is 2. The monoisotopic (exact) mass is 382 g/mol. The molecule has 3 aromatic rings. The minimum absolute atomic E-state index is 0.0318. The average Bonchev–Trinajstić information content (AvgIpc) is 2.66. The molecule has 4 N–H and O–H groups in total. The fraction of sp³-hybridized carbons (Fsp3) is 0.100. The van der Waals surface area contributed by atoms with Crippen molar-refractivity contribution in [2.24, 2.45) is 0 Å². The number of aromatic amines is 2. The first-order valence-corrected chi connectivity index (χ1v) is 8.21. The first-order chi connectivity index (χ1) is 13.4. The number of ether oxygens (including phenoxy) is 2. The van der Waals surface area contributed by atoms with Gasteiger partial charge in [-0.05, 0) is 47.5 Å². The van der Waals surface area contributed by atoms with Crippen LogP contribution in [0.1, 0.15) is 11.1 Å². The van der Waals surface area contributed by atoms with Gasteiger partial charge in [0.2, 0.25) is 0 Å². The highest BCUT2D eigenvalue weighted by Crippen LogP contribution is 2.27. The van der Waals surface area contributed by atoms with Crippen molar-refractivity contribution in [3.05, 3.63) is 78.9 Å². The molecule has 28 heavy (non-hydrogen) atoms. The van der Waals surface area contributed by atoms with E-state index >= 15 is 0 Å². The Morgan fingerprint density at radius 2 is 1.14 bits per heavy atom. The molecule has 0 aliphatic carbocycles. The second-order valence-corrected chi connectivity index (χ2v) is 5.89. The summed E-state index contributed by atoms with van der Waals surface area (Å²) < 4.78 is 9.94. The molecule has 144 valence electrons. The lowest BCUT2D eigenvalue weighted by Gasteiger charge is -2.03. The molecule has 8 heteroatoms. The molecule has 0 bridgehead atoms. The second-order valence-electron chi connectivity index (χ2n) is 5.89. The lowest BCUT2D eigenvalue weighted by atomic mass is 10.2. The van der Waals surface area contributed by atoms with Crippen LogP contribution in [0.4, 0.5) is 0 Å². The third-order valence-electron chi connectivity index (χ3n) is 4.01. The van der Waals surface area contributed by atoms with Crippen LogP contribution in [0.3, 0.4) is 0 Å². The summed E-state index contributed by atoms with van der Waals surface area (Å²) in [5.41, 5.74) is -0.00899. The molecule has 0 spiro atoms. The van der Waals surface area contributed by atoms with Crippen molar-refractivity contribution in [2.45, 2.75) is 0 Å². The standard InChI is InChI=1S/C20H18N2O6/c1-27-17-5-3-11(9-15(17)23)7-13-19(25)22-14(20(26)21-13)8-12-4-6-18(28-2)16(24)10-12/h3-10,23-24H,1-2H3,(H,21,26)(H,22,25)/b13-7-,14-8-. The molecular weight excluding hydrogens is 364 g/mol. The Morgan fingerprint density at radius 3 is 1.46 bits per heavy atom. The Balaban J connectivity index is 2.06. The summed E-state index contributed by atoms with van der Waals surface area (Å²) in [6, 6.07) is 9.19. The molecule has 0 aliphatic heterocycles. The quantitative estimate of drug-likeness (QED) is 0.509. The van der Waals surface area contributed by atoms with Crippen LogP contribution in [0.25, 0.3) is 12.2 Å². The van der Waals surface area contributed by atoms with Gasteiger partial charge in [0.05, 0.1) is 14.2 Å². The number of hydrogen-bond acceptors (Lipinski definition) is 6. The van der Waals surface area contributed by atoms with Crippen molar-refractivity contribution in [2.75, 3.05) is 14.2 Å². The van der Waals surface area contributed by atoms with Gasteiger partial charge in [0.25, 0.3) is 11.1 Å². The third kappa shape index (κ3) is 3.90. The zero-order valence-electron chi connectivity index (χ0n) is 15.1. The minimum Gasteiger partial charge on any atom is -0.504 e. The van der Waals surface area contributed by atoms with E-state index in [-0.39, 0.29) is 22.2 Å². The van der Waals surface area contributed by atoms with E-state index in [0.717, 1.165) is 0 Å². The molecule has 0 saturated heterocycles. The molecule has 0 amide bonds. The van der Waals surface area contributed by atoms with Crippen molar-refractivity contribution in [1.82, 2.24) is 9.97 Å². The van der Waals surface area contributed by atoms with Gasteiger partial charge in [-0.15, -0.1) is 0 Å². The number of hydrogen-bond donors (Lipinski definition) is 4. The Kier molecular flexibility index (Phi) is 5.21. The van der Waals surface area contributed by atoms with Crippen LogP contribution in [-0.2, 0) is 0 Å². The normalized spacial score (nSPS) is 12.2. The fourth-order valence-electron chi connectivity index (χ4n) is 2.62. The number of phenolic OH excluding ortho intramolecular Hbond substituents is 2. The number of phenols is 2. The van der Waals surface area contributed by atoms with E-state index in [1.807, 2.05) is 0 Å². The molecule has 0 radical (unpaired) electrons. The first-order valence-electron chi connectivity index (χ1n) is 8.21. The Hall–Kier alpha value is -3.94. The van der Waals surface area contributed by atoms with Crippen molar-refractivity contribution in [3.8, 4) is 23.0 Å². The molecule has 1 heterocycles. The van der Waals surface area contributed by atoms with E-state index in [9.17, 15) is 19.8 Å². The Bertz CT molecular complexity index is 1160. The van der Waals surface area contributed by atoms with Crippen LogP contribution in [0.2, 0.25) is 0 Å². The highest BCUT2D eigenvalue weighted by Gasteiger charge is 2.03.